The average Bonchev–Trinajstić information content (AvgIpc) is 2.41. The van der Waals surface area contributed by atoms with E-state index in [0.717, 1.165) is 11.3 Å². The van der Waals surface area contributed by atoms with E-state index in [1.165, 1.54) is 15.2 Å². The summed E-state index contributed by atoms with van der Waals surface area (Å²) in [7, 11) is 0. The highest BCUT2D eigenvalue weighted by Gasteiger charge is 2.10. The smallest absolute Gasteiger partial charge is 0.269 e. The number of non-ortho nitro benzene ring substituents is 1. The van der Waals surface area contributed by atoms with Crippen molar-refractivity contribution in [3.63, 3.8) is 0 Å². The maximum atomic E-state index is 10.7. The Morgan fingerprint density at radius 3 is 2.40 bits per heavy atom. The maximum absolute atomic E-state index is 10.7. The zero-order valence-corrected chi connectivity index (χ0v) is 13.4. The van der Waals surface area contributed by atoms with E-state index in [-0.39, 0.29) is 16.7 Å². The summed E-state index contributed by atoms with van der Waals surface area (Å²) < 4.78 is 1.20. The van der Waals surface area contributed by atoms with Crippen molar-refractivity contribution in [1.82, 2.24) is 0 Å². The Hall–Kier alpha value is -1.63. The minimum absolute atomic E-state index is 0.120. The standard InChI is InChI=1S/C15H15IN2O2/c1-10-9-14(18(19)20)7-8-15(10)17-11(2)12-3-5-13(16)6-4-12/h3-9,11,17H,1-2H3. The number of halogens is 1. The van der Waals surface area contributed by atoms with Crippen LogP contribution >= 0.6 is 22.6 Å². The van der Waals surface area contributed by atoms with Crippen LogP contribution in [0.25, 0.3) is 0 Å². The maximum Gasteiger partial charge on any atom is 0.269 e. The summed E-state index contributed by atoms with van der Waals surface area (Å²) in [5, 5.41) is 14.1. The number of nitro groups is 1. The minimum atomic E-state index is -0.376. The second-order valence-electron chi connectivity index (χ2n) is 4.67. The van der Waals surface area contributed by atoms with Crippen molar-refractivity contribution in [2.75, 3.05) is 5.32 Å². The number of aryl methyl sites for hydroxylation is 1. The average molecular weight is 382 g/mol. The third-order valence-corrected chi connectivity index (χ3v) is 3.88. The summed E-state index contributed by atoms with van der Waals surface area (Å²) in [6.45, 7) is 3.94. The van der Waals surface area contributed by atoms with Crippen molar-refractivity contribution in [1.29, 1.82) is 0 Å². The quantitative estimate of drug-likeness (QED) is 0.475. The highest BCUT2D eigenvalue weighted by Crippen LogP contribution is 2.25. The molecule has 0 radical (unpaired) electrons. The van der Waals surface area contributed by atoms with E-state index in [1.807, 2.05) is 6.92 Å². The van der Waals surface area contributed by atoms with Crippen LogP contribution < -0.4 is 5.32 Å². The van der Waals surface area contributed by atoms with E-state index in [4.69, 9.17) is 0 Å². The Labute approximate surface area is 131 Å². The monoisotopic (exact) mass is 382 g/mol. The fraction of sp³-hybridized carbons (Fsp3) is 0.200. The van der Waals surface area contributed by atoms with Crippen LogP contribution in [0.15, 0.2) is 42.5 Å². The predicted octanol–water partition coefficient (Wildman–Crippen LogP) is 4.68. The normalized spacial score (nSPS) is 11.9. The van der Waals surface area contributed by atoms with Crippen LogP contribution in [0.2, 0.25) is 0 Å². The summed E-state index contributed by atoms with van der Waals surface area (Å²) in [5.74, 6) is 0. The van der Waals surface area contributed by atoms with Gasteiger partial charge in [-0.05, 0) is 65.8 Å². The van der Waals surface area contributed by atoms with Crippen LogP contribution in [-0.2, 0) is 0 Å². The van der Waals surface area contributed by atoms with Gasteiger partial charge in [-0.15, -0.1) is 0 Å². The molecule has 0 amide bonds. The van der Waals surface area contributed by atoms with Crippen molar-refractivity contribution in [3.05, 3.63) is 67.3 Å². The first-order valence-corrected chi connectivity index (χ1v) is 7.32. The van der Waals surface area contributed by atoms with E-state index in [9.17, 15) is 10.1 Å². The Morgan fingerprint density at radius 2 is 1.85 bits per heavy atom. The van der Waals surface area contributed by atoms with Gasteiger partial charge < -0.3 is 5.32 Å². The van der Waals surface area contributed by atoms with Crippen molar-refractivity contribution in [2.24, 2.45) is 0 Å². The number of hydrogen-bond donors (Lipinski definition) is 1. The van der Waals surface area contributed by atoms with Gasteiger partial charge in [-0.2, -0.15) is 0 Å². The van der Waals surface area contributed by atoms with E-state index >= 15 is 0 Å². The van der Waals surface area contributed by atoms with Gasteiger partial charge in [0.15, 0.2) is 0 Å². The van der Waals surface area contributed by atoms with E-state index < -0.39 is 0 Å². The van der Waals surface area contributed by atoms with Crippen LogP contribution in [-0.4, -0.2) is 4.92 Å². The topological polar surface area (TPSA) is 55.2 Å². The molecule has 2 aromatic carbocycles. The Kier molecular flexibility index (Phi) is 4.59. The van der Waals surface area contributed by atoms with Crippen molar-refractivity contribution >= 4 is 34.0 Å². The molecule has 0 aliphatic rings. The van der Waals surface area contributed by atoms with Crippen LogP contribution in [0.5, 0.6) is 0 Å². The van der Waals surface area contributed by atoms with Gasteiger partial charge in [-0.1, -0.05) is 12.1 Å². The molecule has 4 nitrogen and oxygen atoms in total. The number of benzene rings is 2. The lowest BCUT2D eigenvalue weighted by atomic mass is 10.1. The zero-order chi connectivity index (χ0) is 14.7. The molecule has 0 saturated heterocycles. The molecule has 5 heteroatoms. The lowest BCUT2D eigenvalue weighted by Gasteiger charge is -2.17. The molecule has 0 spiro atoms. The van der Waals surface area contributed by atoms with E-state index in [1.54, 1.807) is 12.1 Å². The molecule has 2 aromatic rings. The van der Waals surface area contributed by atoms with Crippen molar-refractivity contribution in [3.8, 4) is 0 Å². The molecule has 0 fully saturated rings. The van der Waals surface area contributed by atoms with E-state index in [0.29, 0.717) is 0 Å². The minimum Gasteiger partial charge on any atom is -0.378 e. The Morgan fingerprint density at radius 1 is 1.20 bits per heavy atom. The number of nitrogens with zero attached hydrogens (tertiary/aromatic N) is 1. The first-order valence-electron chi connectivity index (χ1n) is 6.24. The molecular formula is C15H15IN2O2. The SMILES string of the molecule is Cc1cc([N+](=O)[O-])ccc1NC(C)c1ccc(I)cc1. The lowest BCUT2D eigenvalue weighted by molar-refractivity contribution is -0.384. The molecule has 1 atom stereocenters. The molecule has 1 N–H and O–H groups in total. The molecule has 0 bridgehead atoms. The van der Waals surface area contributed by atoms with Crippen molar-refractivity contribution < 1.29 is 4.92 Å². The predicted molar refractivity (Wildman–Crippen MR) is 89.0 cm³/mol. The first-order chi connectivity index (χ1) is 9.47. The number of anilines is 1. The van der Waals surface area contributed by atoms with Crippen molar-refractivity contribution in [2.45, 2.75) is 19.9 Å². The highest BCUT2D eigenvalue weighted by atomic mass is 127. The summed E-state index contributed by atoms with van der Waals surface area (Å²) in [6, 6.07) is 13.3. The number of nitro benzene ring substituents is 1. The second kappa shape index (κ2) is 6.21. The molecule has 0 aromatic heterocycles. The van der Waals surface area contributed by atoms with Gasteiger partial charge in [0.25, 0.3) is 5.69 Å². The molecule has 2 rings (SSSR count). The largest absolute Gasteiger partial charge is 0.378 e. The summed E-state index contributed by atoms with van der Waals surface area (Å²) >= 11 is 2.27. The third kappa shape index (κ3) is 3.47. The molecule has 20 heavy (non-hydrogen) atoms. The molecule has 0 saturated carbocycles. The lowest BCUT2D eigenvalue weighted by Crippen LogP contribution is -2.07. The molecular weight excluding hydrogens is 367 g/mol. The third-order valence-electron chi connectivity index (χ3n) is 3.16. The van der Waals surface area contributed by atoms with Gasteiger partial charge >= 0.3 is 0 Å². The van der Waals surface area contributed by atoms with Gasteiger partial charge in [0.2, 0.25) is 0 Å². The Bertz CT molecular complexity index is 626. The van der Waals surface area contributed by atoms with Crippen LogP contribution in [0.1, 0.15) is 24.1 Å². The molecule has 0 aliphatic heterocycles. The fourth-order valence-corrected chi connectivity index (χ4v) is 2.35. The van der Waals surface area contributed by atoms with Gasteiger partial charge in [-0.3, -0.25) is 10.1 Å². The second-order valence-corrected chi connectivity index (χ2v) is 5.92. The fourth-order valence-electron chi connectivity index (χ4n) is 1.99. The summed E-state index contributed by atoms with van der Waals surface area (Å²) in [5.41, 5.74) is 3.09. The number of nitrogens with one attached hydrogen (secondary N) is 1. The molecule has 0 heterocycles. The van der Waals surface area contributed by atoms with Crippen LogP contribution in [0.4, 0.5) is 11.4 Å². The van der Waals surface area contributed by atoms with Gasteiger partial charge in [-0.25, -0.2) is 0 Å². The first kappa shape index (κ1) is 14.8. The molecule has 104 valence electrons. The van der Waals surface area contributed by atoms with Crippen LogP contribution in [0.3, 0.4) is 0 Å². The Balaban J connectivity index is 2.17. The number of hydrogen-bond acceptors (Lipinski definition) is 3. The zero-order valence-electron chi connectivity index (χ0n) is 11.3. The van der Waals surface area contributed by atoms with E-state index in [2.05, 4.69) is 59.1 Å². The van der Waals surface area contributed by atoms with Gasteiger partial charge in [0, 0.05) is 27.4 Å². The molecule has 1 unspecified atom stereocenters. The van der Waals surface area contributed by atoms with Gasteiger partial charge in [0.1, 0.15) is 0 Å². The van der Waals surface area contributed by atoms with Crippen LogP contribution in [0, 0.1) is 20.6 Å². The highest BCUT2D eigenvalue weighted by molar-refractivity contribution is 14.1. The molecule has 0 aliphatic carbocycles. The summed E-state index contributed by atoms with van der Waals surface area (Å²) in [4.78, 5) is 10.3. The van der Waals surface area contributed by atoms with Gasteiger partial charge in [0.05, 0.1) is 4.92 Å². The number of rotatable bonds is 4. The summed E-state index contributed by atoms with van der Waals surface area (Å²) in [6.07, 6.45) is 0.